The Morgan fingerprint density at radius 1 is 1.13 bits per heavy atom. The summed E-state index contributed by atoms with van der Waals surface area (Å²) in [5.74, 6) is 0.904. The molecule has 0 unspecified atom stereocenters. The van der Waals surface area contributed by atoms with Crippen LogP contribution in [0.5, 0.6) is 5.75 Å². The molecule has 2 heterocycles. The van der Waals surface area contributed by atoms with Gasteiger partial charge in [0.1, 0.15) is 52.8 Å². The topological polar surface area (TPSA) is 28.3 Å². The number of aromatic nitrogens is 1. The monoisotopic (exact) mass is 302 g/mol. The van der Waals surface area contributed by atoms with Gasteiger partial charge in [-0.05, 0) is 47.1 Å². The first-order chi connectivity index (χ1) is 10.5. The van der Waals surface area contributed by atoms with Gasteiger partial charge >= 0.3 is 0 Å². The summed E-state index contributed by atoms with van der Waals surface area (Å²) in [6, 6.07) is 6.39. The number of likely N-dealkylation sites (N-methyl/N-ethyl adjacent to an activating group) is 1. The van der Waals surface area contributed by atoms with Gasteiger partial charge < -0.3 is 14.6 Å². The molecule has 0 bridgehead atoms. The number of nitrogens with zero attached hydrogens (tertiary/aromatic N) is 1. The second-order valence-corrected chi connectivity index (χ2v) is 8.71. The molecule has 1 N–H and O–H groups in total. The van der Waals surface area contributed by atoms with Crippen molar-refractivity contribution < 1.29 is 4.74 Å². The van der Waals surface area contributed by atoms with Crippen LogP contribution in [-0.2, 0) is 10.4 Å². The zero-order chi connectivity index (χ0) is 17.2. The van der Waals surface area contributed by atoms with E-state index < -0.39 is 0 Å². The molecule has 0 amide bonds. The Hall–Kier alpha value is -1.09. The summed E-state index contributed by atoms with van der Waals surface area (Å²) in [5, 5.41) is 1.48. The van der Waals surface area contributed by atoms with Crippen molar-refractivity contribution in [3.63, 3.8) is 0 Å². The predicted octanol–water partition coefficient (Wildman–Crippen LogP) is -4.12. The van der Waals surface area contributed by atoms with Crippen molar-refractivity contribution >= 4 is 58.0 Å². The lowest BCUT2D eigenvalue weighted by Crippen LogP contribution is -2.63. The van der Waals surface area contributed by atoms with Crippen LogP contribution in [0, 0.1) is 0 Å². The van der Waals surface area contributed by atoms with E-state index in [0.717, 1.165) is 12.3 Å². The summed E-state index contributed by atoms with van der Waals surface area (Å²) >= 11 is 0. The zero-order valence-electron chi connectivity index (χ0n) is 15.8. The van der Waals surface area contributed by atoms with E-state index in [1.165, 1.54) is 22.2 Å². The minimum absolute atomic E-state index is 0.0110. The smallest absolute Gasteiger partial charge is 0.120 e. The van der Waals surface area contributed by atoms with E-state index in [1.54, 1.807) is 7.11 Å². The van der Waals surface area contributed by atoms with Gasteiger partial charge in [0.15, 0.2) is 0 Å². The van der Waals surface area contributed by atoms with Crippen molar-refractivity contribution in [2.24, 2.45) is 0 Å². The van der Waals surface area contributed by atoms with E-state index in [4.69, 9.17) is 4.74 Å². The Bertz CT molecular complexity index is 770. The summed E-state index contributed by atoms with van der Waals surface area (Å²) in [4.78, 5) is 6.26. The molecule has 9 heteroatoms. The molecule has 3 nitrogen and oxygen atoms in total. The molecule has 1 aromatic heterocycles. The highest BCUT2D eigenvalue weighted by Gasteiger charge is 2.48. The Labute approximate surface area is 144 Å². The third kappa shape index (κ3) is 2.23. The molecule has 1 aromatic carbocycles. The summed E-state index contributed by atoms with van der Waals surface area (Å²) in [6.45, 7) is 1.04. The first kappa shape index (κ1) is 16.8. The largest absolute Gasteiger partial charge is 0.497 e. The van der Waals surface area contributed by atoms with Crippen molar-refractivity contribution in [2.45, 2.75) is 15.8 Å². The lowest BCUT2D eigenvalue weighted by molar-refractivity contribution is 0.256. The molecule has 0 atom stereocenters. The van der Waals surface area contributed by atoms with Crippen molar-refractivity contribution in [3.05, 3.63) is 29.5 Å². The molecule has 0 saturated carbocycles. The molecule has 0 radical (unpaired) electrons. The van der Waals surface area contributed by atoms with Gasteiger partial charge in [-0.2, -0.15) is 0 Å². The minimum atomic E-state index is 0.0110. The molecular weight excluding hydrogens is 277 g/mol. The number of ether oxygens (including phenoxy) is 1. The fraction of sp³-hybridized carbons (Fsp3) is 0.429. The van der Waals surface area contributed by atoms with Crippen molar-refractivity contribution in [2.75, 3.05) is 20.7 Å². The molecule has 0 aliphatic carbocycles. The standard InChI is InChI=1S/C14H24B6N2O/c1-22-6-12(15,16)10-8-4-3-7(23-2)5-9(8)21-11(10)13(17,18)14(22,19)20/h3-5,21H,6,15-20H2,1-2H3. The number of benzene rings is 1. The van der Waals surface area contributed by atoms with Crippen LogP contribution in [0.25, 0.3) is 10.9 Å². The maximum absolute atomic E-state index is 5.41. The fourth-order valence-corrected chi connectivity index (χ4v) is 4.13. The Kier molecular flexibility index (Phi) is 3.61. The lowest BCUT2D eigenvalue weighted by atomic mass is 9.32. The van der Waals surface area contributed by atoms with Crippen molar-refractivity contribution in [3.8, 4) is 5.75 Å². The second-order valence-electron chi connectivity index (χ2n) is 8.71. The Morgan fingerprint density at radius 2 is 1.78 bits per heavy atom. The Morgan fingerprint density at radius 3 is 2.39 bits per heavy atom. The highest BCUT2D eigenvalue weighted by molar-refractivity contribution is 6.55. The SMILES string of the molecule is BC1(B)CN(C)C(B)(B)C(B)(B)c2[nH]c3cc(OC)ccc3c21. The van der Waals surface area contributed by atoms with Gasteiger partial charge in [-0.1, -0.05) is 0 Å². The van der Waals surface area contributed by atoms with Crippen LogP contribution in [0.15, 0.2) is 18.2 Å². The number of aromatic amines is 1. The Balaban J connectivity index is 2.38. The number of H-pyrrole nitrogens is 1. The maximum atomic E-state index is 5.41. The van der Waals surface area contributed by atoms with E-state index in [1.807, 2.05) is 0 Å². The van der Waals surface area contributed by atoms with Crippen LogP contribution in [0.3, 0.4) is 0 Å². The average Bonchev–Trinajstić information content (AvgIpc) is 2.84. The third-order valence-electron chi connectivity index (χ3n) is 6.42. The average molecular weight is 301 g/mol. The summed E-state index contributed by atoms with van der Waals surface area (Å²) in [5.41, 5.74) is 3.99. The van der Waals surface area contributed by atoms with Crippen LogP contribution in [-0.4, -0.2) is 83.0 Å². The molecule has 1 aliphatic heterocycles. The number of fused-ring (bicyclic) bond motifs is 3. The van der Waals surface area contributed by atoms with Gasteiger partial charge in [0.05, 0.1) is 7.11 Å². The van der Waals surface area contributed by atoms with E-state index >= 15 is 0 Å². The summed E-state index contributed by atoms with van der Waals surface area (Å²) in [7, 11) is 18.1. The minimum Gasteiger partial charge on any atom is -0.497 e. The molecule has 0 fully saturated rings. The normalized spacial score (nSPS) is 22.3. The quantitative estimate of drug-likeness (QED) is 0.542. The van der Waals surface area contributed by atoms with Gasteiger partial charge in [-0.3, -0.25) is 0 Å². The number of methoxy groups -OCH3 is 1. The first-order valence-electron chi connectivity index (χ1n) is 8.44. The number of hydrogen-bond donors (Lipinski definition) is 1. The van der Waals surface area contributed by atoms with Gasteiger partial charge in [-0.15, -0.1) is 0 Å². The van der Waals surface area contributed by atoms with E-state index in [0.29, 0.717) is 0 Å². The van der Waals surface area contributed by atoms with Gasteiger partial charge in [-0.25, -0.2) is 0 Å². The lowest BCUT2D eigenvalue weighted by Gasteiger charge is -2.48. The molecule has 0 saturated heterocycles. The fourth-order valence-electron chi connectivity index (χ4n) is 4.13. The van der Waals surface area contributed by atoms with Crippen LogP contribution in [0.4, 0.5) is 0 Å². The van der Waals surface area contributed by atoms with Crippen molar-refractivity contribution in [1.82, 2.24) is 9.88 Å². The van der Waals surface area contributed by atoms with Crippen LogP contribution >= 0.6 is 0 Å². The second kappa shape index (κ2) is 4.95. The highest BCUT2D eigenvalue weighted by Crippen LogP contribution is 2.43. The molecule has 2 aromatic rings. The molecule has 1 aliphatic rings. The van der Waals surface area contributed by atoms with E-state index in [9.17, 15) is 0 Å². The highest BCUT2D eigenvalue weighted by atomic mass is 16.5. The maximum Gasteiger partial charge on any atom is 0.120 e. The third-order valence-corrected chi connectivity index (χ3v) is 6.42. The van der Waals surface area contributed by atoms with Crippen LogP contribution < -0.4 is 4.74 Å². The first-order valence-corrected chi connectivity index (χ1v) is 8.44. The zero-order valence-corrected chi connectivity index (χ0v) is 15.8. The van der Waals surface area contributed by atoms with Gasteiger partial charge in [0.2, 0.25) is 0 Å². The molecule has 23 heavy (non-hydrogen) atoms. The number of hydrogen-bond acceptors (Lipinski definition) is 2. The van der Waals surface area contributed by atoms with Crippen LogP contribution in [0.1, 0.15) is 11.3 Å². The molecule has 3 rings (SSSR count). The van der Waals surface area contributed by atoms with Gasteiger partial charge in [0, 0.05) is 22.7 Å². The van der Waals surface area contributed by atoms with E-state index in [-0.39, 0.29) is 15.8 Å². The predicted molar refractivity (Wildman–Crippen MR) is 115 cm³/mol. The molecule has 114 valence electrons. The number of nitrogens with one attached hydrogen (secondary N) is 1. The number of rotatable bonds is 1. The van der Waals surface area contributed by atoms with Crippen molar-refractivity contribution in [1.29, 1.82) is 0 Å². The summed E-state index contributed by atoms with van der Waals surface area (Å²) in [6.07, 6.45) is 0. The summed E-state index contributed by atoms with van der Waals surface area (Å²) < 4.78 is 5.41. The van der Waals surface area contributed by atoms with E-state index in [2.05, 4.69) is 82.2 Å². The molecular formula is C14H24B6N2O. The van der Waals surface area contributed by atoms with Gasteiger partial charge in [0.25, 0.3) is 0 Å². The van der Waals surface area contributed by atoms with Crippen LogP contribution in [0.2, 0.25) is 0 Å². The molecule has 0 spiro atoms.